The van der Waals surface area contributed by atoms with Crippen molar-refractivity contribution in [1.82, 2.24) is 5.32 Å². The molecule has 2 aromatic rings. The van der Waals surface area contributed by atoms with Gasteiger partial charge in [-0.1, -0.05) is 35.9 Å². The van der Waals surface area contributed by atoms with Crippen LogP contribution in [0, 0.1) is 6.92 Å². The maximum Gasteiger partial charge on any atom is 0.127 e. The minimum atomic E-state index is 0.121. The van der Waals surface area contributed by atoms with Crippen molar-refractivity contribution in [2.24, 2.45) is 0 Å². The first-order chi connectivity index (χ1) is 10.7. The number of hydrogen-bond donors (Lipinski definition) is 2. The highest BCUT2D eigenvalue weighted by Gasteiger charge is 2.06. The molecule has 4 nitrogen and oxygen atoms in total. The van der Waals surface area contributed by atoms with Crippen LogP contribution in [0.5, 0.6) is 11.5 Å². The second-order valence-corrected chi connectivity index (χ2v) is 5.15. The van der Waals surface area contributed by atoms with E-state index in [4.69, 9.17) is 14.6 Å². The summed E-state index contributed by atoms with van der Waals surface area (Å²) in [7, 11) is 1.64. The van der Waals surface area contributed by atoms with E-state index >= 15 is 0 Å². The largest absolute Gasteiger partial charge is 0.497 e. The second-order valence-electron chi connectivity index (χ2n) is 5.15. The molecular formula is C18H23NO3. The van der Waals surface area contributed by atoms with Gasteiger partial charge in [0.1, 0.15) is 18.1 Å². The highest BCUT2D eigenvalue weighted by atomic mass is 16.5. The Morgan fingerprint density at radius 2 is 1.86 bits per heavy atom. The number of nitrogens with one attached hydrogen (secondary N) is 1. The smallest absolute Gasteiger partial charge is 0.127 e. The first-order valence-electron chi connectivity index (χ1n) is 7.40. The van der Waals surface area contributed by atoms with E-state index in [2.05, 4.69) is 36.5 Å². The fourth-order valence-electron chi connectivity index (χ4n) is 2.09. The number of hydrogen-bond acceptors (Lipinski definition) is 4. The number of benzene rings is 2. The van der Waals surface area contributed by atoms with Gasteiger partial charge in [0.15, 0.2) is 0 Å². The van der Waals surface area contributed by atoms with Gasteiger partial charge in [0.2, 0.25) is 0 Å². The molecule has 118 valence electrons. The van der Waals surface area contributed by atoms with E-state index in [1.54, 1.807) is 7.11 Å². The lowest BCUT2D eigenvalue weighted by molar-refractivity contribution is 0.287. The summed E-state index contributed by atoms with van der Waals surface area (Å²) in [5, 5.41) is 12.0. The fourth-order valence-corrected chi connectivity index (χ4v) is 2.09. The van der Waals surface area contributed by atoms with Crippen molar-refractivity contribution in [2.45, 2.75) is 20.1 Å². The van der Waals surface area contributed by atoms with Crippen molar-refractivity contribution in [3.63, 3.8) is 0 Å². The summed E-state index contributed by atoms with van der Waals surface area (Å²) in [5.41, 5.74) is 3.41. The summed E-state index contributed by atoms with van der Waals surface area (Å²) < 4.78 is 11.2. The summed E-state index contributed by atoms with van der Waals surface area (Å²) in [6.07, 6.45) is 0. The fraction of sp³-hybridized carbons (Fsp3) is 0.333. The Hall–Kier alpha value is -2.04. The lowest BCUT2D eigenvalue weighted by Crippen LogP contribution is -2.18. The molecule has 0 aliphatic carbocycles. The maximum absolute atomic E-state index is 8.86. The third kappa shape index (κ3) is 4.76. The summed E-state index contributed by atoms with van der Waals surface area (Å²) in [4.78, 5) is 0. The van der Waals surface area contributed by atoms with Crippen LogP contribution in [0.2, 0.25) is 0 Å². The Labute approximate surface area is 131 Å². The van der Waals surface area contributed by atoms with E-state index in [-0.39, 0.29) is 6.61 Å². The van der Waals surface area contributed by atoms with Gasteiger partial charge in [-0.05, 0) is 18.6 Å². The number of aliphatic hydroxyl groups excluding tert-OH is 1. The van der Waals surface area contributed by atoms with E-state index < -0.39 is 0 Å². The van der Waals surface area contributed by atoms with Crippen LogP contribution in [-0.4, -0.2) is 25.4 Å². The molecule has 0 fully saturated rings. The minimum Gasteiger partial charge on any atom is -0.497 e. The van der Waals surface area contributed by atoms with Crippen LogP contribution >= 0.6 is 0 Å². The number of ether oxygens (including phenoxy) is 2. The van der Waals surface area contributed by atoms with Crippen LogP contribution in [0.3, 0.4) is 0 Å². The predicted molar refractivity (Wildman–Crippen MR) is 87.3 cm³/mol. The second kappa shape index (κ2) is 8.41. The van der Waals surface area contributed by atoms with E-state index in [9.17, 15) is 0 Å². The highest BCUT2D eigenvalue weighted by Crippen LogP contribution is 2.25. The zero-order chi connectivity index (χ0) is 15.8. The molecule has 0 atom stereocenters. The van der Waals surface area contributed by atoms with E-state index in [0.29, 0.717) is 19.7 Å². The van der Waals surface area contributed by atoms with Gasteiger partial charge in [-0.2, -0.15) is 0 Å². The van der Waals surface area contributed by atoms with E-state index in [1.807, 2.05) is 18.2 Å². The molecule has 0 bridgehead atoms. The zero-order valence-corrected chi connectivity index (χ0v) is 13.1. The van der Waals surface area contributed by atoms with E-state index in [0.717, 1.165) is 22.6 Å². The van der Waals surface area contributed by atoms with Crippen LogP contribution in [0.25, 0.3) is 0 Å². The van der Waals surface area contributed by atoms with Gasteiger partial charge in [0, 0.05) is 24.7 Å². The minimum absolute atomic E-state index is 0.121. The molecule has 0 radical (unpaired) electrons. The van der Waals surface area contributed by atoms with Gasteiger partial charge >= 0.3 is 0 Å². The Morgan fingerprint density at radius 1 is 1.09 bits per heavy atom. The molecule has 2 rings (SSSR count). The van der Waals surface area contributed by atoms with Gasteiger partial charge < -0.3 is 19.9 Å². The monoisotopic (exact) mass is 301 g/mol. The predicted octanol–water partition coefficient (Wildman–Crippen LogP) is 2.66. The Balaban J connectivity index is 2.07. The van der Waals surface area contributed by atoms with E-state index in [1.165, 1.54) is 5.56 Å². The third-order valence-corrected chi connectivity index (χ3v) is 3.39. The van der Waals surface area contributed by atoms with Gasteiger partial charge in [-0.25, -0.2) is 0 Å². The highest BCUT2D eigenvalue weighted by molar-refractivity contribution is 5.41. The molecule has 0 aromatic heterocycles. The quantitative estimate of drug-likeness (QED) is 0.736. The van der Waals surface area contributed by atoms with Gasteiger partial charge in [-0.15, -0.1) is 0 Å². The summed E-state index contributed by atoms with van der Waals surface area (Å²) >= 11 is 0. The van der Waals surface area contributed by atoms with Crippen molar-refractivity contribution in [2.75, 3.05) is 20.3 Å². The average Bonchev–Trinajstić information content (AvgIpc) is 2.55. The molecule has 22 heavy (non-hydrogen) atoms. The molecule has 2 N–H and O–H groups in total. The third-order valence-electron chi connectivity index (χ3n) is 3.39. The average molecular weight is 301 g/mol. The van der Waals surface area contributed by atoms with Crippen molar-refractivity contribution in [3.8, 4) is 11.5 Å². The molecule has 0 amide bonds. The van der Waals surface area contributed by atoms with Gasteiger partial charge in [-0.3, -0.25) is 0 Å². The van der Waals surface area contributed by atoms with Crippen molar-refractivity contribution >= 4 is 0 Å². The normalized spacial score (nSPS) is 10.5. The molecule has 0 aliphatic rings. The molecule has 4 heteroatoms. The molecule has 0 saturated heterocycles. The molecule has 0 heterocycles. The molecular weight excluding hydrogens is 278 g/mol. The maximum atomic E-state index is 8.86. The van der Waals surface area contributed by atoms with Crippen LogP contribution in [-0.2, 0) is 13.2 Å². The zero-order valence-electron chi connectivity index (χ0n) is 13.1. The first kappa shape index (κ1) is 16.3. The van der Waals surface area contributed by atoms with Crippen LogP contribution in [0.4, 0.5) is 0 Å². The SMILES string of the molecule is COc1ccc(CNCCO)c(OCc2ccc(C)cc2)c1. The Kier molecular flexibility index (Phi) is 6.25. The number of methoxy groups -OCH3 is 1. The Bertz CT molecular complexity index is 581. The van der Waals surface area contributed by atoms with Crippen molar-refractivity contribution < 1.29 is 14.6 Å². The van der Waals surface area contributed by atoms with Crippen LogP contribution < -0.4 is 14.8 Å². The van der Waals surface area contributed by atoms with Crippen molar-refractivity contribution in [3.05, 3.63) is 59.2 Å². The van der Waals surface area contributed by atoms with Crippen LogP contribution in [0.1, 0.15) is 16.7 Å². The van der Waals surface area contributed by atoms with Crippen molar-refractivity contribution in [1.29, 1.82) is 0 Å². The van der Waals surface area contributed by atoms with Gasteiger partial charge in [0.05, 0.1) is 13.7 Å². The van der Waals surface area contributed by atoms with Gasteiger partial charge in [0.25, 0.3) is 0 Å². The number of rotatable bonds is 8. The molecule has 0 spiro atoms. The number of aliphatic hydroxyl groups is 1. The lowest BCUT2D eigenvalue weighted by Gasteiger charge is -2.14. The molecule has 0 unspecified atom stereocenters. The summed E-state index contributed by atoms with van der Waals surface area (Å²) in [6.45, 7) is 3.91. The number of aryl methyl sites for hydroxylation is 1. The summed E-state index contributed by atoms with van der Waals surface area (Å²) in [5.74, 6) is 1.56. The standard InChI is InChI=1S/C18H23NO3/c1-14-3-5-15(6-4-14)13-22-18-11-17(21-2)8-7-16(18)12-19-9-10-20/h3-8,11,19-20H,9-10,12-13H2,1-2H3. The molecule has 0 saturated carbocycles. The topological polar surface area (TPSA) is 50.7 Å². The van der Waals surface area contributed by atoms with Crippen LogP contribution in [0.15, 0.2) is 42.5 Å². The lowest BCUT2D eigenvalue weighted by atomic mass is 10.1. The molecule has 2 aromatic carbocycles. The Morgan fingerprint density at radius 3 is 2.55 bits per heavy atom. The first-order valence-corrected chi connectivity index (χ1v) is 7.40. The summed E-state index contributed by atoms with van der Waals surface area (Å²) in [6, 6.07) is 14.1. The molecule has 0 aliphatic heterocycles.